The van der Waals surface area contributed by atoms with E-state index in [2.05, 4.69) is 41.4 Å². The quantitative estimate of drug-likeness (QED) is 0.902. The van der Waals surface area contributed by atoms with E-state index in [4.69, 9.17) is 0 Å². The summed E-state index contributed by atoms with van der Waals surface area (Å²) in [6.07, 6.45) is 5.11. The van der Waals surface area contributed by atoms with Gasteiger partial charge in [0.15, 0.2) is 0 Å². The van der Waals surface area contributed by atoms with Gasteiger partial charge in [-0.05, 0) is 49.4 Å². The Bertz CT molecular complexity index is 476. The molecule has 0 bridgehead atoms. The molecule has 3 nitrogen and oxygen atoms in total. The molecular formula is C18H26N2O. The highest BCUT2D eigenvalue weighted by atomic mass is 16.2. The number of likely N-dealkylation sites (tertiary alicyclic amines) is 1. The molecule has 1 amide bonds. The Morgan fingerprint density at radius 1 is 1.14 bits per heavy atom. The summed E-state index contributed by atoms with van der Waals surface area (Å²) in [6, 6.07) is 8.71. The Morgan fingerprint density at radius 2 is 1.76 bits per heavy atom. The maximum absolute atomic E-state index is 11.8. The number of nitrogens with one attached hydrogen (secondary N) is 1. The molecule has 0 unspecified atom stereocenters. The van der Waals surface area contributed by atoms with E-state index in [0.717, 1.165) is 13.0 Å². The topological polar surface area (TPSA) is 32.3 Å². The Kier molecular flexibility index (Phi) is 4.59. The molecule has 0 radical (unpaired) electrons. The second kappa shape index (κ2) is 6.61. The number of hydrogen-bond donors (Lipinski definition) is 1. The molecule has 1 saturated carbocycles. The van der Waals surface area contributed by atoms with Crippen molar-refractivity contribution in [3.05, 3.63) is 35.4 Å². The van der Waals surface area contributed by atoms with Gasteiger partial charge >= 0.3 is 0 Å². The van der Waals surface area contributed by atoms with Gasteiger partial charge in [-0.1, -0.05) is 37.6 Å². The third-order valence-corrected chi connectivity index (χ3v) is 4.79. The van der Waals surface area contributed by atoms with Crippen LogP contribution < -0.4 is 5.32 Å². The molecule has 1 heterocycles. The smallest absolute Gasteiger partial charge is 0.223 e. The van der Waals surface area contributed by atoms with Crippen molar-refractivity contribution in [2.75, 3.05) is 13.1 Å². The first-order valence-corrected chi connectivity index (χ1v) is 8.30. The fraction of sp³-hybridized carbons (Fsp3) is 0.611. The van der Waals surface area contributed by atoms with Gasteiger partial charge in [0.1, 0.15) is 0 Å². The van der Waals surface area contributed by atoms with E-state index >= 15 is 0 Å². The van der Waals surface area contributed by atoms with Crippen LogP contribution in [0.2, 0.25) is 0 Å². The van der Waals surface area contributed by atoms with Crippen LogP contribution in [0.1, 0.15) is 43.7 Å². The van der Waals surface area contributed by atoms with Crippen molar-refractivity contribution < 1.29 is 4.79 Å². The molecule has 2 fully saturated rings. The van der Waals surface area contributed by atoms with Crippen LogP contribution in [-0.2, 0) is 17.9 Å². The number of amides is 1. The predicted octanol–water partition coefficient (Wildman–Crippen LogP) is 2.94. The summed E-state index contributed by atoms with van der Waals surface area (Å²) in [7, 11) is 0. The molecule has 1 aliphatic heterocycles. The second-order valence-corrected chi connectivity index (χ2v) is 6.69. The highest BCUT2D eigenvalue weighted by Gasteiger charge is 2.38. The summed E-state index contributed by atoms with van der Waals surface area (Å²) < 4.78 is 0. The molecule has 1 aromatic rings. The highest BCUT2D eigenvalue weighted by molar-refractivity contribution is 5.81. The Balaban J connectivity index is 1.46. The average molecular weight is 286 g/mol. The first-order chi connectivity index (χ1) is 10.2. The minimum atomic E-state index is 0.222. The van der Waals surface area contributed by atoms with Crippen molar-refractivity contribution in [3.63, 3.8) is 0 Å². The zero-order chi connectivity index (χ0) is 14.7. The second-order valence-electron chi connectivity index (χ2n) is 6.69. The van der Waals surface area contributed by atoms with Crippen LogP contribution in [0.15, 0.2) is 24.3 Å². The standard InChI is InChI=1S/C18H26N2O/c1-14-11-17(14)18(21)19-12-15-5-7-16(8-6-15)13-20-9-3-2-4-10-20/h5-8,14,17H,2-4,9-13H2,1H3,(H,19,21)/t14-,17+/m0/s1. The normalized spacial score (nSPS) is 25.6. The van der Waals surface area contributed by atoms with Crippen LogP contribution in [-0.4, -0.2) is 23.9 Å². The number of piperidine rings is 1. The van der Waals surface area contributed by atoms with Gasteiger partial charge in [-0.3, -0.25) is 9.69 Å². The van der Waals surface area contributed by atoms with E-state index in [0.29, 0.717) is 12.5 Å². The molecule has 1 aromatic carbocycles. The van der Waals surface area contributed by atoms with Gasteiger partial charge in [-0.15, -0.1) is 0 Å². The molecule has 21 heavy (non-hydrogen) atoms. The third kappa shape index (κ3) is 4.07. The lowest BCUT2D eigenvalue weighted by Crippen LogP contribution is -2.29. The van der Waals surface area contributed by atoms with Gasteiger partial charge in [-0.2, -0.15) is 0 Å². The molecule has 3 heteroatoms. The van der Waals surface area contributed by atoms with Crippen LogP contribution in [0, 0.1) is 11.8 Å². The minimum absolute atomic E-state index is 0.222. The summed E-state index contributed by atoms with van der Waals surface area (Å²) in [6.45, 7) is 6.33. The molecule has 114 valence electrons. The van der Waals surface area contributed by atoms with Gasteiger partial charge in [0.2, 0.25) is 5.91 Å². The van der Waals surface area contributed by atoms with Gasteiger partial charge in [0.05, 0.1) is 0 Å². The molecule has 1 saturated heterocycles. The van der Waals surface area contributed by atoms with Crippen LogP contribution in [0.3, 0.4) is 0 Å². The van der Waals surface area contributed by atoms with Gasteiger partial charge < -0.3 is 5.32 Å². The van der Waals surface area contributed by atoms with Gasteiger partial charge in [0.25, 0.3) is 0 Å². The number of carbonyl (C=O) groups is 1. The number of carbonyl (C=O) groups excluding carboxylic acids is 1. The number of nitrogens with zero attached hydrogens (tertiary/aromatic N) is 1. The van der Waals surface area contributed by atoms with E-state index in [9.17, 15) is 4.79 Å². The number of hydrogen-bond acceptors (Lipinski definition) is 2. The summed E-state index contributed by atoms with van der Waals surface area (Å²) in [4.78, 5) is 14.3. The van der Waals surface area contributed by atoms with Gasteiger partial charge in [-0.25, -0.2) is 0 Å². The lowest BCUT2D eigenvalue weighted by atomic mass is 10.1. The fourth-order valence-corrected chi connectivity index (χ4v) is 3.15. The van der Waals surface area contributed by atoms with Crippen LogP contribution in [0.25, 0.3) is 0 Å². The first kappa shape index (κ1) is 14.6. The number of rotatable bonds is 5. The third-order valence-electron chi connectivity index (χ3n) is 4.79. The molecule has 1 aliphatic carbocycles. The Morgan fingerprint density at radius 3 is 2.38 bits per heavy atom. The van der Waals surface area contributed by atoms with Crippen LogP contribution in [0.5, 0.6) is 0 Å². The van der Waals surface area contributed by atoms with Crippen molar-refractivity contribution >= 4 is 5.91 Å². The maximum atomic E-state index is 11.8. The summed E-state index contributed by atoms with van der Waals surface area (Å²) in [5, 5.41) is 3.04. The molecule has 3 rings (SSSR count). The maximum Gasteiger partial charge on any atom is 0.223 e. The summed E-state index contributed by atoms with van der Waals surface area (Å²) in [5.41, 5.74) is 2.57. The number of benzene rings is 1. The van der Waals surface area contributed by atoms with E-state index in [1.54, 1.807) is 0 Å². The van der Waals surface area contributed by atoms with Gasteiger partial charge in [0, 0.05) is 19.0 Å². The van der Waals surface area contributed by atoms with E-state index in [1.807, 2.05) is 0 Å². The summed E-state index contributed by atoms with van der Waals surface area (Å²) >= 11 is 0. The lowest BCUT2D eigenvalue weighted by Gasteiger charge is -2.26. The predicted molar refractivity (Wildman–Crippen MR) is 84.7 cm³/mol. The fourth-order valence-electron chi connectivity index (χ4n) is 3.15. The molecular weight excluding hydrogens is 260 g/mol. The first-order valence-electron chi connectivity index (χ1n) is 8.30. The van der Waals surface area contributed by atoms with Crippen molar-refractivity contribution in [3.8, 4) is 0 Å². The Labute approximate surface area is 127 Å². The summed E-state index contributed by atoms with van der Waals surface area (Å²) in [5.74, 6) is 1.07. The van der Waals surface area contributed by atoms with Crippen molar-refractivity contribution in [2.24, 2.45) is 11.8 Å². The molecule has 2 atom stereocenters. The van der Waals surface area contributed by atoms with Crippen molar-refractivity contribution in [2.45, 2.75) is 45.7 Å². The monoisotopic (exact) mass is 286 g/mol. The molecule has 1 N–H and O–H groups in total. The SMILES string of the molecule is C[C@H]1C[C@H]1C(=O)NCc1ccc(CN2CCCCC2)cc1. The largest absolute Gasteiger partial charge is 0.352 e. The van der Waals surface area contributed by atoms with Crippen LogP contribution >= 0.6 is 0 Å². The van der Waals surface area contributed by atoms with E-state index in [-0.39, 0.29) is 11.8 Å². The average Bonchev–Trinajstić information content (AvgIpc) is 3.24. The van der Waals surface area contributed by atoms with Crippen molar-refractivity contribution in [1.29, 1.82) is 0 Å². The van der Waals surface area contributed by atoms with E-state index in [1.165, 1.54) is 43.5 Å². The lowest BCUT2D eigenvalue weighted by molar-refractivity contribution is -0.122. The minimum Gasteiger partial charge on any atom is -0.352 e. The molecule has 0 spiro atoms. The van der Waals surface area contributed by atoms with Crippen molar-refractivity contribution in [1.82, 2.24) is 10.2 Å². The van der Waals surface area contributed by atoms with Crippen LogP contribution in [0.4, 0.5) is 0 Å². The Hall–Kier alpha value is -1.35. The molecule has 2 aliphatic rings. The zero-order valence-corrected chi connectivity index (χ0v) is 13.0. The zero-order valence-electron chi connectivity index (χ0n) is 13.0. The molecule has 0 aromatic heterocycles. The highest BCUT2D eigenvalue weighted by Crippen LogP contribution is 2.37. The van der Waals surface area contributed by atoms with E-state index < -0.39 is 0 Å².